The van der Waals surface area contributed by atoms with Gasteiger partial charge in [0.25, 0.3) is 5.91 Å². The predicted molar refractivity (Wildman–Crippen MR) is 87.3 cm³/mol. The van der Waals surface area contributed by atoms with Gasteiger partial charge in [0.1, 0.15) is 0 Å². The highest BCUT2D eigenvalue weighted by Gasteiger charge is 2.40. The fraction of sp³-hybridized carbons (Fsp3) is 0.529. The van der Waals surface area contributed by atoms with E-state index < -0.39 is 0 Å². The number of benzene rings is 1. The van der Waals surface area contributed by atoms with E-state index in [0.29, 0.717) is 23.9 Å². The Kier molecular flexibility index (Phi) is 4.81. The number of hydrogen-bond donors (Lipinski definition) is 1. The number of anilines is 1. The normalized spacial score (nSPS) is 26.0. The number of hydrogen-bond acceptors (Lipinski definition) is 3. The molecular formula is C17H20BrNO3. The fourth-order valence-corrected chi connectivity index (χ4v) is 4.04. The van der Waals surface area contributed by atoms with Crippen LogP contribution in [0.15, 0.2) is 28.7 Å². The Morgan fingerprint density at radius 1 is 1.18 bits per heavy atom. The van der Waals surface area contributed by atoms with E-state index in [0.717, 1.165) is 16.8 Å². The molecule has 3 unspecified atom stereocenters. The van der Waals surface area contributed by atoms with E-state index in [1.165, 1.54) is 19.3 Å². The van der Waals surface area contributed by atoms with Crippen molar-refractivity contribution in [2.75, 3.05) is 11.9 Å². The van der Waals surface area contributed by atoms with E-state index in [9.17, 15) is 9.59 Å². The van der Waals surface area contributed by atoms with Crippen LogP contribution in [0.25, 0.3) is 0 Å². The molecule has 1 N–H and O–H groups in total. The van der Waals surface area contributed by atoms with E-state index in [-0.39, 0.29) is 18.5 Å². The Hall–Kier alpha value is -1.36. The van der Waals surface area contributed by atoms with E-state index in [1.54, 1.807) is 12.1 Å². The monoisotopic (exact) mass is 365 g/mol. The summed E-state index contributed by atoms with van der Waals surface area (Å²) in [5.41, 5.74) is 0.692. The van der Waals surface area contributed by atoms with Crippen molar-refractivity contribution in [2.45, 2.75) is 32.1 Å². The molecule has 0 aliphatic heterocycles. The highest BCUT2D eigenvalue weighted by molar-refractivity contribution is 9.10. The fourth-order valence-electron chi connectivity index (χ4n) is 3.78. The second-order valence-electron chi connectivity index (χ2n) is 6.35. The topological polar surface area (TPSA) is 55.4 Å². The third-order valence-electron chi connectivity index (χ3n) is 4.81. The zero-order valence-corrected chi connectivity index (χ0v) is 14.0. The zero-order chi connectivity index (χ0) is 15.5. The van der Waals surface area contributed by atoms with E-state index in [4.69, 9.17) is 4.74 Å². The van der Waals surface area contributed by atoms with Crippen LogP contribution in [0.3, 0.4) is 0 Å². The van der Waals surface area contributed by atoms with Crippen LogP contribution >= 0.6 is 15.9 Å². The summed E-state index contributed by atoms with van der Waals surface area (Å²) in [7, 11) is 0. The van der Waals surface area contributed by atoms with E-state index >= 15 is 0 Å². The van der Waals surface area contributed by atoms with Crippen LogP contribution in [-0.2, 0) is 14.3 Å². The van der Waals surface area contributed by atoms with Gasteiger partial charge in [-0.2, -0.15) is 0 Å². The largest absolute Gasteiger partial charge is 0.456 e. The van der Waals surface area contributed by atoms with Crippen molar-refractivity contribution in [1.82, 2.24) is 0 Å². The number of amides is 1. The molecule has 0 heterocycles. The van der Waals surface area contributed by atoms with Crippen LogP contribution in [-0.4, -0.2) is 18.5 Å². The molecule has 118 valence electrons. The van der Waals surface area contributed by atoms with Gasteiger partial charge in [-0.1, -0.05) is 22.4 Å². The molecule has 22 heavy (non-hydrogen) atoms. The van der Waals surface area contributed by atoms with Crippen LogP contribution in [0.1, 0.15) is 32.1 Å². The third-order valence-corrected chi connectivity index (χ3v) is 5.33. The van der Waals surface area contributed by atoms with Gasteiger partial charge in [0, 0.05) is 16.6 Å². The van der Waals surface area contributed by atoms with Gasteiger partial charge in [-0.05, 0) is 61.3 Å². The van der Waals surface area contributed by atoms with Crippen LogP contribution in [0, 0.1) is 17.8 Å². The van der Waals surface area contributed by atoms with Crippen molar-refractivity contribution in [3.8, 4) is 0 Å². The lowest BCUT2D eigenvalue weighted by Gasteiger charge is -2.20. The Morgan fingerprint density at radius 2 is 1.95 bits per heavy atom. The van der Waals surface area contributed by atoms with Crippen LogP contribution in [0.2, 0.25) is 0 Å². The molecule has 2 bridgehead atoms. The lowest BCUT2D eigenvalue weighted by atomic mass is 9.86. The number of carbonyl (C=O) groups excluding carboxylic acids is 2. The van der Waals surface area contributed by atoms with Gasteiger partial charge in [-0.15, -0.1) is 0 Å². The van der Waals surface area contributed by atoms with Gasteiger partial charge < -0.3 is 10.1 Å². The molecule has 0 saturated heterocycles. The first-order chi connectivity index (χ1) is 10.6. The average molecular weight is 366 g/mol. The molecule has 2 aliphatic carbocycles. The summed E-state index contributed by atoms with van der Waals surface area (Å²) in [5, 5.41) is 2.71. The van der Waals surface area contributed by atoms with Crippen LogP contribution < -0.4 is 5.32 Å². The summed E-state index contributed by atoms with van der Waals surface area (Å²) in [6, 6.07) is 7.27. The Morgan fingerprint density at radius 3 is 2.59 bits per heavy atom. The SMILES string of the molecule is O=C(COC(=O)CC1CC2CCC1C2)Nc1ccc(Br)cc1. The molecule has 0 radical (unpaired) electrons. The summed E-state index contributed by atoms with van der Waals surface area (Å²) >= 11 is 3.33. The Labute approximate surface area is 138 Å². The standard InChI is InChI=1S/C17H20BrNO3/c18-14-3-5-15(6-4-14)19-16(20)10-22-17(21)9-13-8-11-1-2-12(13)7-11/h3-6,11-13H,1-2,7-10H2,(H,19,20). The number of esters is 1. The van der Waals surface area contributed by atoms with Crippen molar-refractivity contribution in [2.24, 2.45) is 17.8 Å². The first-order valence-electron chi connectivity index (χ1n) is 7.81. The maximum Gasteiger partial charge on any atom is 0.306 e. The van der Waals surface area contributed by atoms with E-state index in [2.05, 4.69) is 21.2 Å². The van der Waals surface area contributed by atoms with Crippen molar-refractivity contribution in [3.63, 3.8) is 0 Å². The highest BCUT2D eigenvalue weighted by Crippen LogP contribution is 2.49. The van der Waals surface area contributed by atoms with Gasteiger partial charge in [-0.25, -0.2) is 0 Å². The summed E-state index contributed by atoms with van der Waals surface area (Å²) in [6.45, 7) is -0.213. The lowest BCUT2D eigenvalue weighted by Crippen LogP contribution is -2.23. The molecule has 3 rings (SSSR count). The first kappa shape index (κ1) is 15.5. The molecule has 0 aromatic heterocycles. The zero-order valence-electron chi connectivity index (χ0n) is 12.4. The average Bonchev–Trinajstić information content (AvgIpc) is 3.10. The number of carbonyl (C=O) groups is 2. The van der Waals surface area contributed by atoms with Crippen LogP contribution in [0.5, 0.6) is 0 Å². The predicted octanol–water partition coefficient (Wildman–Crippen LogP) is 3.76. The molecule has 1 aromatic rings. The molecular weight excluding hydrogens is 346 g/mol. The lowest BCUT2D eigenvalue weighted by molar-refractivity contribution is -0.148. The summed E-state index contributed by atoms with van der Waals surface area (Å²) < 4.78 is 6.06. The minimum absolute atomic E-state index is 0.213. The number of nitrogens with one attached hydrogen (secondary N) is 1. The Bertz CT molecular complexity index is 558. The van der Waals surface area contributed by atoms with Crippen molar-refractivity contribution < 1.29 is 14.3 Å². The first-order valence-corrected chi connectivity index (χ1v) is 8.60. The number of halogens is 1. The molecule has 1 amide bonds. The molecule has 1 aromatic carbocycles. The maximum absolute atomic E-state index is 11.9. The second kappa shape index (κ2) is 6.82. The second-order valence-corrected chi connectivity index (χ2v) is 7.27. The summed E-state index contributed by atoms with van der Waals surface area (Å²) in [5.74, 6) is 1.45. The Balaban J connectivity index is 1.39. The summed E-state index contributed by atoms with van der Waals surface area (Å²) in [6.07, 6.45) is 5.48. The van der Waals surface area contributed by atoms with E-state index in [1.807, 2.05) is 12.1 Å². The quantitative estimate of drug-likeness (QED) is 0.808. The van der Waals surface area contributed by atoms with Gasteiger partial charge in [0.05, 0.1) is 0 Å². The van der Waals surface area contributed by atoms with Gasteiger partial charge >= 0.3 is 5.97 Å². The molecule has 4 nitrogen and oxygen atoms in total. The van der Waals surface area contributed by atoms with Crippen molar-refractivity contribution in [3.05, 3.63) is 28.7 Å². The number of rotatable bonds is 5. The third kappa shape index (κ3) is 3.88. The molecule has 2 fully saturated rings. The molecule has 2 saturated carbocycles. The smallest absolute Gasteiger partial charge is 0.306 e. The van der Waals surface area contributed by atoms with Crippen molar-refractivity contribution in [1.29, 1.82) is 0 Å². The highest BCUT2D eigenvalue weighted by atomic mass is 79.9. The molecule has 3 atom stereocenters. The van der Waals surface area contributed by atoms with Crippen LogP contribution in [0.4, 0.5) is 5.69 Å². The van der Waals surface area contributed by atoms with Gasteiger partial charge in [0.15, 0.2) is 6.61 Å². The molecule has 2 aliphatic rings. The molecule has 5 heteroatoms. The summed E-state index contributed by atoms with van der Waals surface area (Å²) in [4.78, 5) is 23.6. The number of ether oxygens (including phenoxy) is 1. The number of fused-ring (bicyclic) bond motifs is 2. The maximum atomic E-state index is 11.9. The van der Waals surface area contributed by atoms with Gasteiger partial charge in [-0.3, -0.25) is 9.59 Å². The molecule has 0 spiro atoms. The minimum atomic E-state index is -0.302. The van der Waals surface area contributed by atoms with Crippen molar-refractivity contribution >= 4 is 33.5 Å². The minimum Gasteiger partial charge on any atom is -0.456 e. The van der Waals surface area contributed by atoms with Gasteiger partial charge in [0.2, 0.25) is 0 Å².